The number of nitrogens with zero attached hydrogens (tertiary/aromatic N) is 4. The lowest BCUT2D eigenvalue weighted by molar-refractivity contribution is -0.384. The third-order valence-electron chi connectivity index (χ3n) is 4.50. The van der Waals surface area contributed by atoms with Crippen molar-refractivity contribution in [1.29, 1.82) is 5.26 Å². The molecule has 0 N–H and O–H groups in total. The Kier molecular flexibility index (Phi) is 4.94. The van der Waals surface area contributed by atoms with Crippen molar-refractivity contribution >= 4 is 17.1 Å². The summed E-state index contributed by atoms with van der Waals surface area (Å²) in [5.74, 6) is 0.827. The number of likely N-dealkylation sites (N-methyl/N-ethyl adjacent to an activating group) is 2. The van der Waals surface area contributed by atoms with Gasteiger partial charge in [0.05, 0.1) is 35.3 Å². The highest BCUT2D eigenvalue weighted by atomic mass is 16.6. The number of nitriles is 1. The fourth-order valence-corrected chi connectivity index (χ4v) is 3.24. The number of nitro groups is 1. The average molecular weight is 352 g/mol. The minimum atomic E-state index is -0.456. The van der Waals surface area contributed by atoms with E-state index in [1.807, 2.05) is 35.2 Å². The van der Waals surface area contributed by atoms with Crippen LogP contribution in [0.3, 0.4) is 0 Å². The normalized spacial score (nSPS) is 15.6. The number of ether oxygens (including phenoxy) is 1. The number of hydrogen-bond acceptors (Lipinski definition) is 6. The zero-order valence-corrected chi connectivity index (χ0v) is 14.8. The van der Waals surface area contributed by atoms with Crippen molar-refractivity contribution in [2.75, 3.05) is 36.5 Å². The van der Waals surface area contributed by atoms with Crippen LogP contribution in [0.15, 0.2) is 42.5 Å². The van der Waals surface area contributed by atoms with Crippen LogP contribution in [0.25, 0.3) is 0 Å². The molecule has 1 aliphatic heterocycles. The van der Waals surface area contributed by atoms with E-state index < -0.39 is 4.92 Å². The van der Waals surface area contributed by atoms with E-state index in [1.54, 1.807) is 19.2 Å². The highest BCUT2D eigenvalue weighted by Gasteiger charge is 2.27. The van der Waals surface area contributed by atoms with E-state index in [1.165, 1.54) is 6.07 Å². The molecule has 1 aliphatic rings. The highest BCUT2D eigenvalue weighted by Crippen LogP contribution is 2.34. The van der Waals surface area contributed by atoms with Gasteiger partial charge in [-0.1, -0.05) is 12.1 Å². The molecule has 0 radical (unpaired) electrons. The van der Waals surface area contributed by atoms with Crippen LogP contribution >= 0.6 is 0 Å². The van der Waals surface area contributed by atoms with Crippen molar-refractivity contribution in [3.8, 4) is 11.8 Å². The second-order valence-corrected chi connectivity index (χ2v) is 6.20. The number of hydrogen-bond donors (Lipinski definition) is 0. The Morgan fingerprint density at radius 3 is 2.85 bits per heavy atom. The maximum absolute atomic E-state index is 11.4. The monoisotopic (exact) mass is 352 g/mol. The first-order valence-electron chi connectivity index (χ1n) is 8.43. The molecule has 0 fully saturated rings. The molecule has 1 atom stereocenters. The van der Waals surface area contributed by atoms with Gasteiger partial charge >= 0.3 is 0 Å². The number of nitro benzene ring substituents is 1. The van der Waals surface area contributed by atoms with Crippen molar-refractivity contribution in [3.63, 3.8) is 0 Å². The lowest BCUT2D eigenvalue weighted by atomic mass is 10.1. The van der Waals surface area contributed by atoms with Crippen LogP contribution in [-0.2, 0) is 0 Å². The van der Waals surface area contributed by atoms with Crippen LogP contribution in [0.5, 0.6) is 5.75 Å². The lowest BCUT2D eigenvalue weighted by Crippen LogP contribution is -2.45. The summed E-state index contributed by atoms with van der Waals surface area (Å²) in [4.78, 5) is 15.0. The predicted molar refractivity (Wildman–Crippen MR) is 99.8 cm³/mol. The van der Waals surface area contributed by atoms with Gasteiger partial charge in [-0.25, -0.2) is 0 Å². The molecule has 7 heteroatoms. The van der Waals surface area contributed by atoms with E-state index in [0.717, 1.165) is 18.0 Å². The predicted octanol–water partition coefficient (Wildman–Crippen LogP) is 3.19. The summed E-state index contributed by atoms with van der Waals surface area (Å²) in [6.07, 6.45) is -0.120. The third-order valence-corrected chi connectivity index (χ3v) is 4.50. The Hall–Kier alpha value is -3.27. The second-order valence-electron chi connectivity index (χ2n) is 6.20. The SMILES string of the molecule is CCN1C[C@@H](CN(C)c2ccc(C#N)cc2[N+](=O)[O-])Oc2ccccc21. The van der Waals surface area contributed by atoms with E-state index >= 15 is 0 Å². The quantitative estimate of drug-likeness (QED) is 0.607. The molecule has 3 rings (SSSR count). The molecule has 134 valence electrons. The fraction of sp³-hybridized carbons (Fsp3) is 0.316. The molecule has 0 bridgehead atoms. The number of rotatable bonds is 5. The first kappa shape index (κ1) is 17.5. The van der Waals surface area contributed by atoms with Gasteiger partial charge in [0.15, 0.2) is 0 Å². The Morgan fingerprint density at radius 1 is 1.38 bits per heavy atom. The van der Waals surface area contributed by atoms with Gasteiger partial charge in [0.2, 0.25) is 0 Å². The first-order valence-corrected chi connectivity index (χ1v) is 8.43. The van der Waals surface area contributed by atoms with Crippen molar-refractivity contribution in [1.82, 2.24) is 0 Å². The lowest BCUT2D eigenvalue weighted by Gasteiger charge is -2.37. The topological polar surface area (TPSA) is 82.6 Å². The van der Waals surface area contributed by atoms with Gasteiger partial charge in [0.1, 0.15) is 17.5 Å². The minimum Gasteiger partial charge on any atom is -0.485 e. The van der Waals surface area contributed by atoms with Gasteiger partial charge in [-0.15, -0.1) is 0 Å². The average Bonchev–Trinajstić information content (AvgIpc) is 2.66. The number of benzene rings is 2. The summed E-state index contributed by atoms with van der Waals surface area (Å²) >= 11 is 0. The number of fused-ring (bicyclic) bond motifs is 1. The molecule has 0 aromatic heterocycles. The third kappa shape index (κ3) is 3.40. The maximum Gasteiger partial charge on any atom is 0.293 e. The van der Waals surface area contributed by atoms with Crippen molar-refractivity contribution in [3.05, 3.63) is 58.1 Å². The number of para-hydroxylation sites is 2. The molecule has 2 aromatic rings. The molecule has 0 saturated heterocycles. The zero-order chi connectivity index (χ0) is 18.7. The van der Waals surface area contributed by atoms with Gasteiger partial charge in [-0.2, -0.15) is 5.26 Å². The Labute approximate surface area is 152 Å². The van der Waals surface area contributed by atoms with Crippen LogP contribution in [0.4, 0.5) is 17.1 Å². The largest absolute Gasteiger partial charge is 0.485 e. The van der Waals surface area contributed by atoms with Gasteiger partial charge in [-0.3, -0.25) is 10.1 Å². The number of anilines is 2. The van der Waals surface area contributed by atoms with E-state index in [4.69, 9.17) is 10.00 Å². The molecule has 0 amide bonds. The Balaban J connectivity index is 1.82. The maximum atomic E-state index is 11.4. The molecule has 0 spiro atoms. The summed E-state index contributed by atoms with van der Waals surface area (Å²) in [7, 11) is 1.80. The van der Waals surface area contributed by atoms with Crippen molar-refractivity contribution in [2.45, 2.75) is 13.0 Å². The van der Waals surface area contributed by atoms with E-state index in [0.29, 0.717) is 18.8 Å². The van der Waals surface area contributed by atoms with E-state index in [2.05, 4.69) is 11.8 Å². The molecule has 1 heterocycles. The fourth-order valence-electron chi connectivity index (χ4n) is 3.24. The Bertz CT molecular complexity index is 862. The molecule has 7 nitrogen and oxygen atoms in total. The Morgan fingerprint density at radius 2 is 2.15 bits per heavy atom. The van der Waals surface area contributed by atoms with Crippen LogP contribution in [0.1, 0.15) is 12.5 Å². The van der Waals surface area contributed by atoms with Crippen LogP contribution in [0.2, 0.25) is 0 Å². The van der Waals surface area contributed by atoms with Crippen molar-refractivity contribution in [2.24, 2.45) is 0 Å². The zero-order valence-electron chi connectivity index (χ0n) is 14.8. The van der Waals surface area contributed by atoms with E-state index in [9.17, 15) is 10.1 Å². The van der Waals surface area contributed by atoms with Crippen LogP contribution < -0.4 is 14.5 Å². The molecular formula is C19H20N4O3. The molecule has 0 unspecified atom stereocenters. The molecule has 0 aliphatic carbocycles. The molecule has 2 aromatic carbocycles. The van der Waals surface area contributed by atoms with Gasteiger partial charge in [0.25, 0.3) is 5.69 Å². The summed E-state index contributed by atoms with van der Waals surface area (Å²) in [5, 5.41) is 20.4. The van der Waals surface area contributed by atoms with Gasteiger partial charge < -0.3 is 14.5 Å². The summed E-state index contributed by atoms with van der Waals surface area (Å²) < 4.78 is 6.10. The van der Waals surface area contributed by atoms with E-state index in [-0.39, 0.29) is 17.4 Å². The first-order chi connectivity index (χ1) is 12.5. The summed E-state index contributed by atoms with van der Waals surface area (Å²) in [5.41, 5.74) is 1.74. The molecule has 0 saturated carbocycles. The minimum absolute atomic E-state index is 0.0740. The smallest absolute Gasteiger partial charge is 0.293 e. The van der Waals surface area contributed by atoms with Crippen LogP contribution in [0, 0.1) is 21.4 Å². The summed E-state index contributed by atoms with van der Waals surface area (Å²) in [6.45, 7) is 4.16. The molecular weight excluding hydrogens is 332 g/mol. The van der Waals surface area contributed by atoms with Gasteiger partial charge in [-0.05, 0) is 31.2 Å². The van der Waals surface area contributed by atoms with Crippen LogP contribution in [-0.4, -0.2) is 37.7 Å². The summed E-state index contributed by atoms with van der Waals surface area (Å²) in [6, 6.07) is 14.3. The standard InChI is InChI=1S/C19H20N4O3/c1-3-22-13-15(26-19-7-5-4-6-17(19)22)12-21(2)16-9-8-14(11-20)10-18(16)23(24)25/h4-10,15H,3,12-13H2,1-2H3/t15-/m1/s1. The second kappa shape index (κ2) is 7.31. The molecule has 26 heavy (non-hydrogen) atoms. The highest BCUT2D eigenvalue weighted by molar-refractivity contribution is 5.66. The van der Waals surface area contributed by atoms with Gasteiger partial charge in [0, 0.05) is 19.7 Å². The van der Waals surface area contributed by atoms with Crippen molar-refractivity contribution < 1.29 is 9.66 Å².